The van der Waals surface area contributed by atoms with Crippen molar-refractivity contribution in [3.63, 3.8) is 0 Å². The van der Waals surface area contributed by atoms with Crippen LogP contribution in [-0.2, 0) is 19.1 Å². The maximum Gasteiger partial charge on any atom is 0.347 e. The highest BCUT2D eigenvalue weighted by molar-refractivity contribution is 5.78. The van der Waals surface area contributed by atoms with Gasteiger partial charge in [0.05, 0.1) is 6.61 Å². The summed E-state index contributed by atoms with van der Waals surface area (Å²) >= 11 is 0. The van der Waals surface area contributed by atoms with Gasteiger partial charge in [-0.1, -0.05) is 148 Å². The monoisotopic (exact) mass is 540 g/mol. The molecule has 0 radical (unpaired) electrons. The second kappa shape index (κ2) is 30.4. The van der Waals surface area contributed by atoms with E-state index in [-0.39, 0.29) is 5.97 Å². The zero-order valence-electron chi connectivity index (χ0n) is 25.5. The molecule has 1 N–H and O–H groups in total. The van der Waals surface area contributed by atoms with Gasteiger partial charge in [-0.25, -0.2) is 4.79 Å². The lowest BCUT2D eigenvalue weighted by molar-refractivity contribution is -0.166. The summed E-state index contributed by atoms with van der Waals surface area (Å²) in [5.74, 6) is -0.714. The molecule has 0 rings (SSSR count). The van der Waals surface area contributed by atoms with E-state index in [1.807, 2.05) is 0 Å². The Bertz CT molecular complexity index is 508. The predicted molar refractivity (Wildman–Crippen MR) is 159 cm³/mol. The molecular weight excluding hydrogens is 476 g/mol. The molecular formula is C33H64O5. The quantitative estimate of drug-likeness (QED) is 0.0725. The number of aliphatic hydroxyl groups excluding tert-OH is 1. The third-order valence-corrected chi connectivity index (χ3v) is 7.42. The van der Waals surface area contributed by atoms with Crippen LogP contribution in [-0.4, -0.2) is 36.4 Å². The lowest BCUT2D eigenvalue weighted by Crippen LogP contribution is -2.26. The van der Waals surface area contributed by atoms with E-state index in [0.717, 1.165) is 38.5 Å². The Labute approximate surface area is 236 Å². The van der Waals surface area contributed by atoms with Crippen LogP contribution in [0.4, 0.5) is 0 Å². The molecule has 0 saturated heterocycles. The molecule has 5 heteroatoms. The van der Waals surface area contributed by atoms with Gasteiger partial charge in [0.1, 0.15) is 0 Å². The molecule has 226 valence electrons. The standard InChI is InChI=1S/C33H64O5/c1-3-4-5-6-7-8-18-21-24-27-30-37-33(36)31(2)38-32(35)28-25-22-19-16-14-12-10-9-11-13-15-17-20-23-26-29-34/h31,34H,3-30H2,1-2H3. The molecule has 0 amide bonds. The minimum absolute atomic E-state index is 0.290. The maximum absolute atomic E-state index is 12.1. The van der Waals surface area contributed by atoms with Crippen molar-refractivity contribution in [3.8, 4) is 0 Å². The highest BCUT2D eigenvalue weighted by Crippen LogP contribution is 2.14. The van der Waals surface area contributed by atoms with Crippen LogP contribution in [0.15, 0.2) is 0 Å². The fourth-order valence-corrected chi connectivity index (χ4v) is 4.86. The molecule has 0 fully saturated rings. The molecule has 38 heavy (non-hydrogen) atoms. The topological polar surface area (TPSA) is 72.8 Å². The number of unbranched alkanes of at least 4 members (excludes halogenated alkanes) is 23. The SMILES string of the molecule is CCCCCCCCCCCCOC(=O)C(C)OC(=O)CCCCCCCCCCCCCCCCCO. The van der Waals surface area contributed by atoms with Crippen LogP contribution < -0.4 is 0 Å². The number of carbonyl (C=O) groups excluding carboxylic acids is 2. The molecule has 0 aliphatic heterocycles. The second-order valence-electron chi connectivity index (χ2n) is 11.3. The Balaban J connectivity index is 3.41. The van der Waals surface area contributed by atoms with E-state index in [4.69, 9.17) is 14.6 Å². The van der Waals surface area contributed by atoms with E-state index < -0.39 is 12.1 Å². The zero-order chi connectivity index (χ0) is 27.9. The van der Waals surface area contributed by atoms with E-state index in [9.17, 15) is 9.59 Å². The minimum atomic E-state index is -0.808. The Morgan fingerprint density at radius 2 is 0.921 bits per heavy atom. The Hall–Kier alpha value is -1.10. The third-order valence-electron chi connectivity index (χ3n) is 7.42. The van der Waals surface area contributed by atoms with Crippen molar-refractivity contribution >= 4 is 11.9 Å². The van der Waals surface area contributed by atoms with Gasteiger partial charge < -0.3 is 14.6 Å². The summed E-state index contributed by atoms with van der Waals surface area (Å²) in [7, 11) is 0. The van der Waals surface area contributed by atoms with Crippen LogP contribution in [0, 0.1) is 0 Å². The van der Waals surface area contributed by atoms with E-state index in [0.29, 0.717) is 19.6 Å². The van der Waals surface area contributed by atoms with E-state index in [2.05, 4.69) is 6.92 Å². The number of rotatable bonds is 30. The predicted octanol–water partition coefficient (Wildman–Crippen LogP) is 9.62. The average Bonchev–Trinajstić information content (AvgIpc) is 2.91. The molecule has 5 nitrogen and oxygen atoms in total. The number of hydrogen-bond acceptors (Lipinski definition) is 5. The summed E-state index contributed by atoms with van der Waals surface area (Å²) in [6.45, 7) is 4.61. The van der Waals surface area contributed by atoms with Crippen molar-refractivity contribution in [2.24, 2.45) is 0 Å². The lowest BCUT2D eigenvalue weighted by atomic mass is 10.0. The summed E-state index contributed by atoms with van der Waals surface area (Å²) in [6.07, 6.45) is 30.4. The molecule has 0 aromatic carbocycles. The van der Waals surface area contributed by atoms with Crippen LogP contribution in [0.3, 0.4) is 0 Å². The number of esters is 2. The van der Waals surface area contributed by atoms with Crippen molar-refractivity contribution in [1.29, 1.82) is 0 Å². The van der Waals surface area contributed by atoms with Crippen molar-refractivity contribution in [2.75, 3.05) is 13.2 Å². The van der Waals surface area contributed by atoms with Crippen molar-refractivity contribution in [1.82, 2.24) is 0 Å². The molecule has 1 unspecified atom stereocenters. The first kappa shape index (κ1) is 36.9. The molecule has 0 heterocycles. The van der Waals surface area contributed by atoms with Crippen LogP contribution in [0.5, 0.6) is 0 Å². The largest absolute Gasteiger partial charge is 0.463 e. The first-order chi connectivity index (χ1) is 18.6. The maximum atomic E-state index is 12.1. The summed E-state index contributed by atoms with van der Waals surface area (Å²) in [6, 6.07) is 0. The van der Waals surface area contributed by atoms with E-state index >= 15 is 0 Å². The van der Waals surface area contributed by atoms with Crippen molar-refractivity contribution < 1.29 is 24.2 Å². The van der Waals surface area contributed by atoms with Crippen LogP contribution in [0.25, 0.3) is 0 Å². The summed E-state index contributed by atoms with van der Waals surface area (Å²) in [5.41, 5.74) is 0. The minimum Gasteiger partial charge on any atom is -0.463 e. The molecule has 0 aromatic rings. The van der Waals surface area contributed by atoms with Crippen LogP contribution in [0.2, 0.25) is 0 Å². The number of hydrogen-bond donors (Lipinski definition) is 1. The Morgan fingerprint density at radius 3 is 1.34 bits per heavy atom. The fraction of sp³-hybridized carbons (Fsp3) is 0.939. The number of ether oxygens (including phenoxy) is 2. The molecule has 0 saturated carbocycles. The highest BCUT2D eigenvalue weighted by atomic mass is 16.6. The number of aliphatic hydroxyl groups is 1. The zero-order valence-corrected chi connectivity index (χ0v) is 25.5. The van der Waals surface area contributed by atoms with Gasteiger partial charge in [0.15, 0.2) is 6.10 Å². The van der Waals surface area contributed by atoms with E-state index in [1.165, 1.54) is 122 Å². The first-order valence-electron chi connectivity index (χ1n) is 16.6. The van der Waals surface area contributed by atoms with Gasteiger partial charge in [0, 0.05) is 13.0 Å². The summed E-state index contributed by atoms with van der Waals surface area (Å²) in [5, 5.41) is 8.77. The first-order valence-corrected chi connectivity index (χ1v) is 16.6. The van der Waals surface area contributed by atoms with Crippen molar-refractivity contribution in [3.05, 3.63) is 0 Å². The lowest BCUT2D eigenvalue weighted by Gasteiger charge is -2.13. The Kier molecular flexibility index (Phi) is 29.6. The van der Waals surface area contributed by atoms with Gasteiger partial charge in [0.25, 0.3) is 0 Å². The second-order valence-corrected chi connectivity index (χ2v) is 11.3. The number of carbonyl (C=O) groups is 2. The van der Waals surface area contributed by atoms with E-state index in [1.54, 1.807) is 6.92 Å². The summed E-state index contributed by atoms with van der Waals surface area (Å²) in [4.78, 5) is 24.1. The molecule has 0 aliphatic carbocycles. The molecule has 0 aliphatic rings. The highest BCUT2D eigenvalue weighted by Gasteiger charge is 2.18. The van der Waals surface area contributed by atoms with Gasteiger partial charge in [-0.3, -0.25) is 4.79 Å². The van der Waals surface area contributed by atoms with Crippen molar-refractivity contribution in [2.45, 2.75) is 187 Å². The smallest absolute Gasteiger partial charge is 0.347 e. The molecule has 0 spiro atoms. The van der Waals surface area contributed by atoms with Gasteiger partial charge >= 0.3 is 11.9 Å². The van der Waals surface area contributed by atoms with Gasteiger partial charge in [-0.15, -0.1) is 0 Å². The van der Waals surface area contributed by atoms with Crippen LogP contribution >= 0.6 is 0 Å². The van der Waals surface area contributed by atoms with Gasteiger partial charge in [0.2, 0.25) is 0 Å². The van der Waals surface area contributed by atoms with Gasteiger partial charge in [-0.2, -0.15) is 0 Å². The normalized spacial score (nSPS) is 12.0. The van der Waals surface area contributed by atoms with Crippen LogP contribution in [0.1, 0.15) is 181 Å². The fourth-order valence-electron chi connectivity index (χ4n) is 4.86. The Morgan fingerprint density at radius 1 is 0.553 bits per heavy atom. The molecule has 0 aromatic heterocycles. The third kappa shape index (κ3) is 27.9. The summed E-state index contributed by atoms with van der Waals surface area (Å²) < 4.78 is 10.6. The average molecular weight is 541 g/mol. The molecule has 0 bridgehead atoms. The van der Waals surface area contributed by atoms with Gasteiger partial charge in [-0.05, 0) is 26.2 Å². The molecule has 1 atom stereocenters.